The van der Waals surface area contributed by atoms with E-state index < -0.39 is 0 Å². The van der Waals surface area contributed by atoms with Gasteiger partial charge in [0.15, 0.2) is 0 Å². The van der Waals surface area contributed by atoms with Gasteiger partial charge in [0.1, 0.15) is 0 Å². The van der Waals surface area contributed by atoms with Crippen LogP contribution in [0.25, 0.3) is 93.5 Å². The maximum absolute atomic E-state index is 2.42. The summed E-state index contributed by atoms with van der Waals surface area (Å²) in [6, 6.07) is 92.7. The van der Waals surface area contributed by atoms with Gasteiger partial charge in [0.2, 0.25) is 0 Å². The summed E-state index contributed by atoms with van der Waals surface area (Å²) < 4.78 is 2.42. The standard InChI is InChI=1S/C62H42N2/c1-2-15-43(16-3-1)44-31-33-48(34-32-44)56-25-8-10-29-59(56)63(51-38-35-47(36-39-51)55-28-14-19-45-17-4-6-24-54(45)55)52-22-12-20-49(41-52)50-21-13-23-53(42-50)64-60-30-11-9-27-58(60)62-57-26-7-5-18-46(57)37-40-61(62)64/h1-42H. The van der Waals surface area contributed by atoms with Crippen molar-refractivity contribution in [1.29, 1.82) is 0 Å². The Morgan fingerprint density at radius 3 is 1.66 bits per heavy atom. The molecule has 2 heteroatoms. The molecule has 300 valence electrons. The van der Waals surface area contributed by atoms with Gasteiger partial charge in [-0.15, -0.1) is 0 Å². The number of rotatable bonds is 8. The summed E-state index contributed by atoms with van der Waals surface area (Å²) in [5.41, 5.74) is 16.3. The zero-order valence-electron chi connectivity index (χ0n) is 35.1. The van der Waals surface area contributed by atoms with Crippen LogP contribution in [0.4, 0.5) is 17.1 Å². The lowest BCUT2D eigenvalue weighted by atomic mass is 9.97. The second kappa shape index (κ2) is 15.8. The molecule has 1 heterocycles. The molecule has 0 saturated carbocycles. The molecule has 0 amide bonds. The first-order chi connectivity index (χ1) is 31.7. The van der Waals surface area contributed by atoms with Gasteiger partial charge in [-0.3, -0.25) is 0 Å². The van der Waals surface area contributed by atoms with Gasteiger partial charge < -0.3 is 9.47 Å². The van der Waals surface area contributed by atoms with Gasteiger partial charge in [-0.05, 0) is 115 Å². The van der Waals surface area contributed by atoms with Crippen LogP contribution in [0.3, 0.4) is 0 Å². The van der Waals surface area contributed by atoms with Gasteiger partial charge in [0.25, 0.3) is 0 Å². The summed E-state index contributed by atoms with van der Waals surface area (Å²) >= 11 is 0. The zero-order valence-corrected chi connectivity index (χ0v) is 35.1. The van der Waals surface area contributed by atoms with Crippen molar-refractivity contribution < 1.29 is 0 Å². The van der Waals surface area contributed by atoms with Crippen LogP contribution in [-0.2, 0) is 0 Å². The van der Waals surface area contributed by atoms with Gasteiger partial charge in [0.05, 0.1) is 16.7 Å². The van der Waals surface area contributed by atoms with Gasteiger partial charge in [-0.1, -0.05) is 200 Å². The maximum atomic E-state index is 2.42. The Labute approximate surface area is 373 Å². The van der Waals surface area contributed by atoms with Crippen molar-refractivity contribution in [3.63, 3.8) is 0 Å². The van der Waals surface area contributed by atoms with E-state index in [0.717, 1.165) is 45.0 Å². The number of anilines is 3. The van der Waals surface area contributed by atoms with Crippen molar-refractivity contribution in [3.05, 3.63) is 255 Å². The summed E-state index contributed by atoms with van der Waals surface area (Å²) in [4.78, 5) is 2.42. The largest absolute Gasteiger partial charge is 0.310 e. The molecule has 0 fully saturated rings. The van der Waals surface area contributed by atoms with Gasteiger partial charge in [0, 0.05) is 33.4 Å². The molecule has 0 aliphatic heterocycles. The lowest BCUT2D eigenvalue weighted by Gasteiger charge is -2.28. The quantitative estimate of drug-likeness (QED) is 0.148. The number of nitrogens with zero attached hydrogens (tertiary/aromatic N) is 2. The highest BCUT2D eigenvalue weighted by Crippen LogP contribution is 2.44. The molecule has 0 spiro atoms. The van der Waals surface area contributed by atoms with Crippen molar-refractivity contribution in [1.82, 2.24) is 4.57 Å². The van der Waals surface area contributed by atoms with Crippen molar-refractivity contribution >= 4 is 60.4 Å². The number of para-hydroxylation sites is 2. The van der Waals surface area contributed by atoms with E-state index in [-0.39, 0.29) is 0 Å². The molecule has 0 aliphatic rings. The molecule has 0 atom stereocenters. The minimum atomic E-state index is 1.08. The van der Waals surface area contributed by atoms with Crippen LogP contribution in [0, 0.1) is 0 Å². The Morgan fingerprint density at radius 2 is 0.828 bits per heavy atom. The third kappa shape index (κ3) is 6.52. The highest BCUT2D eigenvalue weighted by molar-refractivity contribution is 6.21. The summed E-state index contributed by atoms with van der Waals surface area (Å²) in [5.74, 6) is 0. The van der Waals surface area contributed by atoms with Gasteiger partial charge >= 0.3 is 0 Å². The summed E-state index contributed by atoms with van der Waals surface area (Å²) in [6.45, 7) is 0. The zero-order chi connectivity index (χ0) is 42.4. The minimum absolute atomic E-state index is 1.08. The van der Waals surface area contributed by atoms with Gasteiger partial charge in [-0.25, -0.2) is 0 Å². The normalized spacial score (nSPS) is 11.4. The molecule has 11 aromatic carbocycles. The monoisotopic (exact) mass is 814 g/mol. The lowest BCUT2D eigenvalue weighted by molar-refractivity contribution is 1.18. The van der Waals surface area contributed by atoms with Gasteiger partial charge in [-0.2, -0.15) is 0 Å². The second-order valence-electron chi connectivity index (χ2n) is 16.5. The second-order valence-corrected chi connectivity index (χ2v) is 16.5. The maximum Gasteiger partial charge on any atom is 0.0547 e. The Bertz CT molecular complexity index is 3650. The van der Waals surface area contributed by atoms with E-state index in [9.17, 15) is 0 Å². The third-order valence-electron chi connectivity index (χ3n) is 12.8. The fraction of sp³-hybridized carbons (Fsp3) is 0. The minimum Gasteiger partial charge on any atom is -0.310 e. The molecule has 64 heavy (non-hydrogen) atoms. The molecule has 2 nitrogen and oxygen atoms in total. The summed E-state index contributed by atoms with van der Waals surface area (Å²) in [5, 5.41) is 7.57. The molecule has 0 bridgehead atoms. The average molecular weight is 815 g/mol. The number of hydrogen-bond donors (Lipinski definition) is 0. The Hall–Kier alpha value is -8.46. The molecule has 0 unspecified atom stereocenters. The average Bonchev–Trinajstić information content (AvgIpc) is 3.72. The van der Waals surface area contributed by atoms with Crippen molar-refractivity contribution in [2.45, 2.75) is 0 Å². The van der Waals surface area contributed by atoms with E-state index in [2.05, 4.69) is 264 Å². The van der Waals surface area contributed by atoms with Crippen LogP contribution in [0.5, 0.6) is 0 Å². The lowest BCUT2D eigenvalue weighted by Crippen LogP contribution is -2.11. The highest BCUT2D eigenvalue weighted by Gasteiger charge is 2.20. The summed E-state index contributed by atoms with van der Waals surface area (Å²) in [7, 11) is 0. The van der Waals surface area contributed by atoms with E-state index in [4.69, 9.17) is 0 Å². The molecule has 0 saturated heterocycles. The molecule has 12 rings (SSSR count). The summed E-state index contributed by atoms with van der Waals surface area (Å²) in [6.07, 6.45) is 0. The molecule has 0 N–H and O–H groups in total. The van der Waals surface area contributed by atoms with E-state index in [1.807, 2.05) is 0 Å². The van der Waals surface area contributed by atoms with Crippen LogP contribution in [0.15, 0.2) is 255 Å². The Kier molecular flexibility index (Phi) is 9.20. The number of aromatic nitrogens is 1. The number of hydrogen-bond acceptors (Lipinski definition) is 1. The third-order valence-corrected chi connectivity index (χ3v) is 12.8. The topological polar surface area (TPSA) is 8.17 Å². The predicted octanol–water partition coefficient (Wildman–Crippen LogP) is 17.2. The predicted molar refractivity (Wildman–Crippen MR) is 272 cm³/mol. The molecular formula is C62H42N2. The fourth-order valence-electron chi connectivity index (χ4n) is 9.75. The van der Waals surface area contributed by atoms with E-state index >= 15 is 0 Å². The fourth-order valence-corrected chi connectivity index (χ4v) is 9.75. The Balaban J connectivity index is 0.989. The van der Waals surface area contributed by atoms with E-state index in [0.29, 0.717) is 0 Å². The number of fused-ring (bicyclic) bond motifs is 6. The highest BCUT2D eigenvalue weighted by atomic mass is 15.1. The van der Waals surface area contributed by atoms with Crippen molar-refractivity contribution in [2.24, 2.45) is 0 Å². The van der Waals surface area contributed by atoms with Crippen molar-refractivity contribution in [3.8, 4) is 50.2 Å². The Morgan fingerprint density at radius 1 is 0.281 bits per heavy atom. The first-order valence-electron chi connectivity index (χ1n) is 22.0. The van der Waals surface area contributed by atoms with Crippen LogP contribution in [0.1, 0.15) is 0 Å². The van der Waals surface area contributed by atoms with Crippen LogP contribution >= 0.6 is 0 Å². The molecule has 12 aromatic rings. The van der Waals surface area contributed by atoms with E-state index in [1.165, 1.54) is 65.6 Å². The van der Waals surface area contributed by atoms with Crippen LogP contribution < -0.4 is 4.90 Å². The van der Waals surface area contributed by atoms with Crippen molar-refractivity contribution in [2.75, 3.05) is 4.90 Å². The first kappa shape index (κ1) is 37.3. The van der Waals surface area contributed by atoms with Crippen LogP contribution in [0.2, 0.25) is 0 Å². The smallest absolute Gasteiger partial charge is 0.0547 e. The molecule has 1 aromatic heterocycles. The molecule has 0 aliphatic carbocycles. The molecule has 0 radical (unpaired) electrons. The first-order valence-corrected chi connectivity index (χ1v) is 22.0. The number of benzene rings is 11. The van der Waals surface area contributed by atoms with E-state index in [1.54, 1.807) is 0 Å². The molecular weight excluding hydrogens is 773 g/mol. The van der Waals surface area contributed by atoms with Crippen LogP contribution in [-0.4, -0.2) is 4.57 Å². The SMILES string of the molecule is c1ccc(-c2ccc(-c3ccccc3N(c3ccc(-c4cccc5ccccc45)cc3)c3cccc(-c4cccc(-n5c6ccccc6c6c7ccccc7ccc65)c4)c3)cc2)cc1.